The molecular formula is C11H16N6O. The lowest BCUT2D eigenvalue weighted by atomic mass is 10.1. The molecule has 1 aliphatic heterocycles. The van der Waals surface area contributed by atoms with Gasteiger partial charge in [0.1, 0.15) is 12.1 Å². The molecule has 1 saturated heterocycles. The maximum atomic E-state index is 11.3. The van der Waals surface area contributed by atoms with Crippen LogP contribution in [-0.2, 0) is 0 Å². The van der Waals surface area contributed by atoms with E-state index in [1.807, 2.05) is 13.1 Å². The number of hydrogen-bond donors (Lipinski definition) is 2. The third kappa shape index (κ3) is 1.86. The number of likely N-dealkylation sites (N-methyl/N-ethyl adjacent to an activating group) is 1. The van der Waals surface area contributed by atoms with Crippen LogP contribution in [0, 0.1) is 0 Å². The first kappa shape index (κ1) is 11.2. The molecule has 0 aliphatic carbocycles. The summed E-state index contributed by atoms with van der Waals surface area (Å²) in [5, 5.41) is 9.74. The Labute approximate surface area is 104 Å². The second kappa shape index (κ2) is 4.41. The number of anilines is 1. The number of fused-ring (bicyclic) bond motifs is 1. The minimum atomic E-state index is -0.258. The fourth-order valence-corrected chi connectivity index (χ4v) is 2.34. The summed E-state index contributed by atoms with van der Waals surface area (Å²) < 4.78 is 1.40. The quantitative estimate of drug-likeness (QED) is 0.756. The topological polar surface area (TPSA) is 78.3 Å². The summed E-state index contributed by atoms with van der Waals surface area (Å²) in [4.78, 5) is 17.8. The zero-order valence-electron chi connectivity index (χ0n) is 10.3. The molecule has 2 aromatic heterocycles. The smallest absolute Gasteiger partial charge is 0.348 e. The number of hydrogen-bond acceptors (Lipinski definition) is 5. The standard InChI is InChI=1S/C11H16N6O/c1-16(8-3-2-4-12-6-8)9-5-10-14-15-11(18)17(10)7-13-9/h5,7-8,12H,2-4,6H2,1H3,(H,15,18). The Bertz CT molecular complexity index is 597. The summed E-state index contributed by atoms with van der Waals surface area (Å²) in [5.41, 5.74) is 0.339. The predicted octanol–water partition coefficient (Wildman–Crippen LogP) is -0.394. The highest BCUT2D eigenvalue weighted by Gasteiger charge is 2.19. The van der Waals surface area contributed by atoms with E-state index in [-0.39, 0.29) is 5.69 Å². The molecule has 0 aromatic carbocycles. The van der Waals surface area contributed by atoms with E-state index in [0.717, 1.165) is 25.3 Å². The number of piperidine rings is 1. The first-order valence-electron chi connectivity index (χ1n) is 6.12. The van der Waals surface area contributed by atoms with E-state index in [2.05, 4.69) is 25.4 Å². The van der Waals surface area contributed by atoms with E-state index in [0.29, 0.717) is 11.7 Å². The molecular weight excluding hydrogens is 232 g/mol. The molecule has 3 heterocycles. The van der Waals surface area contributed by atoms with Crippen LogP contribution in [0.4, 0.5) is 5.82 Å². The zero-order chi connectivity index (χ0) is 12.5. The Hall–Kier alpha value is -1.89. The maximum Gasteiger partial charge on any atom is 0.348 e. The number of aromatic amines is 1. The fourth-order valence-electron chi connectivity index (χ4n) is 2.34. The van der Waals surface area contributed by atoms with Crippen molar-refractivity contribution in [2.45, 2.75) is 18.9 Å². The van der Waals surface area contributed by atoms with E-state index >= 15 is 0 Å². The SMILES string of the molecule is CN(c1cc2n[nH]c(=O)n2cn1)C1CCCNC1. The van der Waals surface area contributed by atoms with E-state index in [4.69, 9.17) is 0 Å². The monoisotopic (exact) mass is 248 g/mol. The summed E-state index contributed by atoms with van der Waals surface area (Å²) in [6, 6.07) is 2.27. The normalized spacial score (nSPS) is 20.2. The molecule has 0 saturated carbocycles. The second-order valence-corrected chi connectivity index (χ2v) is 4.62. The minimum Gasteiger partial charge on any atom is -0.355 e. The van der Waals surface area contributed by atoms with Gasteiger partial charge in [0.05, 0.1) is 0 Å². The van der Waals surface area contributed by atoms with Crippen molar-refractivity contribution < 1.29 is 0 Å². The van der Waals surface area contributed by atoms with Crippen LogP contribution in [0.2, 0.25) is 0 Å². The molecule has 0 radical (unpaired) electrons. The Morgan fingerprint density at radius 2 is 2.44 bits per heavy atom. The van der Waals surface area contributed by atoms with Crippen LogP contribution in [-0.4, -0.2) is 45.8 Å². The zero-order valence-corrected chi connectivity index (χ0v) is 10.3. The van der Waals surface area contributed by atoms with Gasteiger partial charge >= 0.3 is 5.69 Å². The highest BCUT2D eigenvalue weighted by atomic mass is 16.1. The first-order chi connectivity index (χ1) is 8.75. The van der Waals surface area contributed by atoms with Crippen LogP contribution < -0.4 is 15.9 Å². The molecule has 18 heavy (non-hydrogen) atoms. The van der Waals surface area contributed by atoms with Gasteiger partial charge in [-0.3, -0.25) is 0 Å². The van der Waals surface area contributed by atoms with Crippen molar-refractivity contribution >= 4 is 11.5 Å². The Morgan fingerprint density at radius 1 is 1.56 bits per heavy atom. The number of rotatable bonds is 2. The molecule has 7 nitrogen and oxygen atoms in total. The van der Waals surface area contributed by atoms with E-state index < -0.39 is 0 Å². The lowest BCUT2D eigenvalue weighted by Crippen LogP contribution is -2.44. The van der Waals surface area contributed by atoms with Gasteiger partial charge in [-0.2, -0.15) is 5.10 Å². The van der Waals surface area contributed by atoms with E-state index in [9.17, 15) is 4.79 Å². The highest BCUT2D eigenvalue weighted by molar-refractivity contribution is 5.50. The first-order valence-corrected chi connectivity index (χ1v) is 6.12. The van der Waals surface area contributed by atoms with Crippen molar-refractivity contribution in [3.8, 4) is 0 Å². The molecule has 2 N–H and O–H groups in total. The van der Waals surface area contributed by atoms with Crippen molar-refractivity contribution in [3.63, 3.8) is 0 Å². The van der Waals surface area contributed by atoms with Crippen LogP contribution in [0.15, 0.2) is 17.2 Å². The molecule has 7 heteroatoms. The fraction of sp³-hybridized carbons (Fsp3) is 0.545. The van der Waals surface area contributed by atoms with Gasteiger partial charge in [-0.25, -0.2) is 19.3 Å². The van der Waals surface area contributed by atoms with Gasteiger partial charge in [0.15, 0.2) is 5.65 Å². The highest BCUT2D eigenvalue weighted by Crippen LogP contribution is 2.16. The molecule has 2 aromatic rings. The van der Waals surface area contributed by atoms with Gasteiger partial charge in [0, 0.05) is 25.7 Å². The van der Waals surface area contributed by atoms with Crippen molar-refractivity contribution in [1.82, 2.24) is 24.9 Å². The van der Waals surface area contributed by atoms with Crippen LogP contribution in [0.5, 0.6) is 0 Å². The van der Waals surface area contributed by atoms with E-state index in [1.54, 1.807) is 0 Å². The van der Waals surface area contributed by atoms with Gasteiger partial charge in [-0.05, 0) is 19.4 Å². The number of nitrogens with one attached hydrogen (secondary N) is 2. The molecule has 3 rings (SSSR count). The molecule has 1 aliphatic rings. The van der Waals surface area contributed by atoms with E-state index in [1.165, 1.54) is 17.1 Å². The van der Waals surface area contributed by atoms with Gasteiger partial charge in [0.25, 0.3) is 0 Å². The predicted molar refractivity (Wildman–Crippen MR) is 67.9 cm³/mol. The Morgan fingerprint density at radius 3 is 3.22 bits per heavy atom. The van der Waals surface area contributed by atoms with Crippen molar-refractivity contribution in [2.24, 2.45) is 0 Å². The van der Waals surface area contributed by atoms with Crippen molar-refractivity contribution in [1.29, 1.82) is 0 Å². The van der Waals surface area contributed by atoms with Crippen molar-refractivity contribution in [3.05, 3.63) is 22.9 Å². The van der Waals surface area contributed by atoms with Gasteiger partial charge in [-0.15, -0.1) is 0 Å². The van der Waals surface area contributed by atoms with Crippen LogP contribution >= 0.6 is 0 Å². The number of nitrogens with zero attached hydrogens (tertiary/aromatic N) is 4. The van der Waals surface area contributed by atoms with Crippen molar-refractivity contribution in [2.75, 3.05) is 25.0 Å². The number of H-pyrrole nitrogens is 1. The lowest BCUT2D eigenvalue weighted by Gasteiger charge is -2.32. The molecule has 0 bridgehead atoms. The molecule has 0 amide bonds. The van der Waals surface area contributed by atoms with Crippen LogP contribution in [0.3, 0.4) is 0 Å². The maximum absolute atomic E-state index is 11.3. The summed E-state index contributed by atoms with van der Waals surface area (Å²) in [7, 11) is 2.03. The van der Waals surface area contributed by atoms with Crippen LogP contribution in [0.1, 0.15) is 12.8 Å². The number of aromatic nitrogens is 4. The van der Waals surface area contributed by atoms with Gasteiger partial charge in [-0.1, -0.05) is 0 Å². The summed E-state index contributed by atoms with van der Waals surface area (Å²) >= 11 is 0. The molecule has 1 unspecified atom stereocenters. The molecule has 0 spiro atoms. The molecule has 96 valence electrons. The van der Waals surface area contributed by atoms with Gasteiger partial charge < -0.3 is 10.2 Å². The largest absolute Gasteiger partial charge is 0.355 e. The third-order valence-electron chi connectivity index (χ3n) is 3.48. The molecule has 1 fully saturated rings. The second-order valence-electron chi connectivity index (χ2n) is 4.62. The van der Waals surface area contributed by atoms with Crippen LogP contribution in [0.25, 0.3) is 5.65 Å². The van der Waals surface area contributed by atoms with Gasteiger partial charge in [0.2, 0.25) is 0 Å². The minimum absolute atomic E-state index is 0.258. The lowest BCUT2D eigenvalue weighted by molar-refractivity contribution is 0.443. The average Bonchev–Trinajstić information content (AvgIpc) is 2.80. The Balaban J connectivity index is 1.90. The molecule has 1 atom stereocenters. The summed E-state index contributed by atoms with van der Waals surface area (Å²) in [6.45, 7) is 2.06. The summed E-state index contributed by atoms with van der Waals surface area (Å²) in [6.07, 6.45) is 3.85. The third-order valence-corrected chi connectivity index (χ3v) is 3.48. The average molecular weight is 248 g/mol. The Kier molecular flexibility index (Phi) is 2.75. The summed E-state index contributed by atoms with van der Waals surface area (Å²) in [5.74, 6) is 0.843.